The number of anilines is 2. The molecule has 0 unspecified atom stereocenters. The summed E-state index contributed by atoms with van der Waals surface area (Å²) in [6, 6.07) is 3.39. The summed E-state index contributed by atoms with van der Waals surface area (Å²) in [7, 11) is 0. The highest BCUT2D eigenvalue weighted by atomic mass is 35.5. The fourth-order valence-electron chi connectivity index (χ4n) is 1.24. The molecule has 0 saturated carbocycles. The molecular formula is C9H6ClN5O3S. The van der Waals surface area contributed by atoms with Crippen molar-refractivity contribution in [3.63, 3.8) is 0 Å². The molecule has 0 bridgehead atoms. The number of aromatic nitrogens is 3. The molecular weight excluding hydrogens is 294 g/mol. The van der Waals surface area contributed by atoms with Gasteiger partial charge in [-0.2, -0.15) is 0 Å². The number of hydrogen-bond acceptors (Lipinski definition) is 6. The van der Waals surface area contributed by atoms with Crippen molar-refractivity contribution in [2.75, 3.05) is 10.6 Å². The number of nitrogens with zero attached hydrogens (tertiary/aromatic N) is 3. The topological polar surface area (TPSA) is 117 Å². The number of carbonyl (C=O) groups is 2. The van der Waals surface area contributed by atoms with E-state index < -0.39 is 12.0 Å². The van der Waals surface area contributed by atoms with Crippen molar-refractivity contribution >= 4 is 46.0 Å². The zero-order valence-electron chi connectivity index (χ0n) is 9.12. The van der Waals surface area contributed by atoms with Gasteiger partial charge in [-0.3, -0.25) is 5.32 Å². The number of rotatable bonds is 3. The smallest absolute Gasteiger partial charge is 0.337 e. The number of nitrogens with one attached hydrogen (secondary N) is 2. The average Bonchev–Trinajstić information content (AvgIpc) is 2.81. The van der Waals surface area contributed by atoms with Gasteiger partial charge in [0.05, 0.1) is 11.3 Å². The van der Waals surface area contributed by atoms with E-state index in [9.17, 15) is 9.59 Å². The number of hydrogen-bond donors (Lipinski definition) is 3. The predicted molar refractivity (Wildman–Crippen MR) is 68.8 cm³/mol. The molecule has 0 saturated heterocycles. The van der Waals surface area contributed by atoms with Gasteiger partial charge < -0.3 is 10.4 Å². The SMILES string of the molecule is O=C(Nc1nnns1)Nc1cc(Cl)ccc1C(=O)O. The Bertz CT molecular complexity index is 618. The van der Waals surface area contributed by atoms with Crippen LogP contribution in [0.25, 0.3) is 0 Å². The van der Waals surface area contributed by atoms with Crippen LogP contribution in [-0.2, 0) is 0 Å². The molecule has 0 aliphatic carbocycles. The maximum Gasteiger partial charge on any atom is 0.337 e. The van der Waals surface area contributed by atoms with Crippen LogP contribution in [-0.4, -0.2) is 31.9 Å². The lowest BCUT2D eigenvalue weighted by Gasteiger charge is -2.08. The molecule has 2 amide bonds. The normalized spacial score (nSPS) is 9.95. The van der Waals surface area contributed by atoms with Crippen molar-refractivity contribution in [3.8, 4) is 0 Å². The van der Waals surface area contributed by atoms with Crippen LogP contribution in [0.5, 0.6) is 0 Å². The van der Waals surface area contributed by atoms with E-state index >= 15 is 0 Å². The highest BCUT2D eigenvalue weighted by Crippen LogP contribution is 2.21. The fourth-order valence-corrected chi connectivity index (χ4v) is 1.77. The molecule has 0 aliphatic heterocycles. The Hall–Kier alpha value is -2.26. The minimum Gasteiger partial charge on any atom is -0.478 e. The Balaban J connectivity index is 2.16. The van der Waals surface area contributed by atoms with E-state index in [-0.39, 0.29) is 16.4 Å². The number of carboxylic acids is 1. The Morgan fingerprint density at radius 2 is 2.11 bits per heavy atom. The van der Waals surface area contributed by atoms with Crippen LogP contribution in [0.3, 0.4) is 0 Å². The van der Waals surface area contributed by atoms with E-state index in [1.807, 2.05) is 0 Å². The molecule has 19 heavy (non-hydrogen) atoms. The molecule has 3 N–H and O–H groups in total. The van der Waals surface area contributed by atoms with Crippen LogP contribution in [0.15, 0.2) is 18.2 Å². The fraction of sp³-hybridized carbons (Fsp3) is 0. The van der Waals surface area contributed by atoms with Gasteiger partial charge in [0.1, 0.15) is 0 Å². The molecule has 0 fully saturated rings. The first-order valence-electron chi connectivity index (χ1n) is 4.82. The van der Waals surface area contributed by atoms with Crippen LogP contribution < -0.4 is 10.6 Å². The highest BCUT2D eigenvalue weighted by molar-refractivity contribution is 7.09. The molecule has 1 aromatic heterocycles. The monoisotopic (exact) mass is 299 g/mol. The lowest BCUT2D eigenvalue weighted by Crippen LogP contribution is -2.21. The summed E-state index contributed by atoms with van der Waals surface area (Å²) >= 11 is 6.64. The minimum atomic E-state index is -1.18. The second kappa shape index (κ2) is 5.59. The first-order chi connectivity index (χ1) is 9.06. The third kappa shape index (κ3) is 3.36. The molecule has 0 atom stereocenters. The van der Waals surface area contributed by atoms with Gasteiger partial charge in [0.15, 0.2) is 0 Å². The largest absolute Gasteiger partial charge is 0.478 e. The first kappa shape index (κ1) is 13.2. The zero-order chi connectivity index (χ0) is 13.8. The van der Waals surface area contributed by atoms with Crippen molar-refractivity contribution in [2.24, 2.45) is 0 Å². The number of benzene rings is 1. The van der Waals surface area contributed by atoms with Crippen LogP contribution in [0.2, 0.25) is 5.02 Å². The molecule has 0 spiro atoms. The summed E-state index contributed by atoms with van der Waals surface area (Å²) in [6.45, 7) is 0. The summed E-state index contributed by atoms with van der Waals surface area (Å²) in [6.07, 6.45) is 0. The molecule has 0 aliphatic rings. The number of carboxylic acid groups (broad SMARTS) is 1. The Kier molecular flexibility index (Phi) is 3.88. The quantitative estimate of drug-likeness (QED) is 0.797. The van der Waals surface area contributed by atoms with Crippen molar-refractivity contribution in [1.29, 1.82) is 0 Å². The zero-order valence-corrected chi connectivity index (χ0v) is 10.7. The van der Waals surface area contributed by atoms with Crippen molar-refractivity contribution in [3.05, 3.63) is 28.8 Å². The van der Waals surface area contributed by atoms with E-state index in [4.69, 9.17) is 16.7 Å². The predicted octanol–water partition coefficient (Wildman–Crippen LogP) is 1.93. The summed E-state index contributed by atoms with van der Waals surface area (Å²) in [5.74, 6) is -1.18. The molecule has 0 radical (unpaired) electrons. The summed E-state index contributed by atoms with van der Waals surface area (Å²) in [5, 5.41) is 21.0. The van der Waals surface area contributed by atoms with Gasteiger partial charge in [0, 0.05) is 16.6 Å². The number of urea groups is 1. The lowest BCUT2D eigenvalue weighted by molar-refractivity contribution is 0.0698. The van der Waals surface area contributed by atoms with Gasteiger partial charge in [-0.05, 0) is 23.4 Å². The van der Waals surface area contributed by atoms with Crippen molar-refractivity contribution < 1.29 is 14.7 Å². The maximum atomic E-state index is 11.6. The summed E-state index contributed by atoms with van der Waals surface area (Å²) in [4.78, 5) is 22.6. The third-order valence-electron chi connectivity index (χ3n) is 1.98. The van der Waals surface area contributed by atoms with Gasteiger partial charge in [0.2, 0.25) is 5.13 Å². The molecule has 2 aromatic rings. The molecule has 1 aromatic carbocycles. The van der Waals surface area contributed by atoms with Crippen LogP contribution in [0.4, 0.5) is 15.6 Å². The van der Waals surface area contributed by atoms with Gasteiger partial charge in [0.25, 0.3) is 0 Å². The standard InChI is InChI=1S/C9H6ClN5O3S/c10-4-1-2-5(7(16)17)6(3-4)11-8(18)12-9-13-14-15-19-9/h1-3H,(H,16,17)(H2,11,12,13,15,18). The van der Waals surface area contributed by atoms with Crippen LogP contribution in [0.1, 0.15) is 10.4 Å². The number of aromatic carboxylic acids is 1. The summed E-state index contributed by atoms with van der Waals surface area (Å²) < 4.78 is 3.47. The van der Waals surface area contributed by atoms with E-state index in [1.54, 1.807) is 0 Å². The summed E-state index contributed by atoms with van der Waals surface area (Å²) in [5.41, 5.74) is 0.00455. The van der Waals surface area contributed by atoms with Crippen LogP contribution >= 0.6 is 23.1 Å². The molecule has 8 nitrogen and oxygen atoms in total. The average molecular weight is 300 g/mol. The van der Waals surface area contributed by atoms with Crippen LogP contribution in [0, 0.1) is 0 Å². The van der Waals surface area contributed by atoms with Gasteiger partial charge in [-0.25, -0.2) is 9.59 Å². The molecule has 10 heteroatoms. The highest BCUT2D eigenvalue weighted by Gasteiger charge is 2.13. The third-order valence-corrected chi connectivity index (χ3v) is 2.73. The number of carbonyl (C=O) groups excluding carboxylic acids is 1. The van der Waals surface area contributed by atoms with Gasteiger partial charge >= 0.3 is 12.0 Å². The number of amides is 2. The molecule has 1 heterocycles. The molecule has 98 valence electrons. The van der Waals surface area contributed by atoms with E-state index in [2.05, 4.69) is 25.4 Å². The van der Waals surface area contributed by atoms with Gasteiger partial charge in [-0.1, -0.05) is 21.2 Å². The van der Waals surface area contributed by atoms with Crippen molar-refractivity contribution in [1.82, 2.24) is 14.8 Å². The minimum absolute atomic E-state index is 0.0741. The van der Waals surface area contributed by atoms with E-state index in [0.29, 0.717) is 5.02 Å². The second-order valence-corrected chi connectivity index (χ2v) is 4.41. The Morgan fingerprint density at radius 3 is 2.74 bits per heavy atom. The lowest BCUT2D eigenvalue weighted by atomic mass is 10.2. The number of halogens is 1. The molecule has 2 rings (SSSR count). The van der Waals surface area contributed by atoms with E-state index in [1.165, 1.54) is 18.2 Å². The van der Waals surface area contributed by atoms with E-state index in [0.717, 1.165) is 11.5 Å². The van der Waals surface area contributed by atoms with Gasteiger partial charge in [-0.15, -0.1) is 0 Å². The first-order valence-corrected chi connectivity index (χ1v) is 5.97. The Labute approximate surface area is 115 Å². The maximum absolute atomic E-state index is 11.6. The van der Waals surface area contributed by atoms with Crippen molar-refractivity contribution in [2.45, 2.75) is 0 Å². The second-order valence-electron chi connectivity index (χ2n) is 3.24. The Morgan fingerprint density at radius 1 is 1.32 bits per heavy atom.